The van der Waals surface area contributed by atoms with Crippen molar-refractivity contribution in [2.24, 2.45) is 0 Å². The maximum absolute atomic E-state index is 12.7. The van der Waals surface area contributed by atoms with Crippen molar-refractivity contribution in [3.8, 4) is 22.3 Å². The van der Waals surface area contributed by atoms with Gasteiger partial charge in [-0.25, -0.2) is 0 Å². The summed E-state index contributed by atoms with van der Waals surface area (Å²) < 4.78 is 25.4. The van der Waals surface area contributed by atoms with Crippen molar-refractivity contribution in [3.63, 3.8) is 0 Å². The van der Waals surface area contributed by atoms with Crippen LogP contribution in [0, 0.1) is 0 Å². The minimum Gasteiger partial charge on any atom is -0.255 e. The van der Waals surface area contributed by atoms with E-state index in [0.29, 0.717) is 0 Å². The van der Waals surface area contributed by atoms with Gasteiger partial charge in [0.25, 0.3) is 0 Å². The second-order valence-electron chi connectivity index (χ2n) is 8.35. The Hall–Kier alpha value is -2.04. The Morgan fingerprint density at radius 3 is 1.22 bits per heavy atom. The number of rotatable bonds is 10. The van der Waals surface area contributed by atoms with Crippen LogP contribution in [-0.2, 0) is 34.4 Å². The van der Waals surface area contributed by atoms with E-state index in [9.17, 15) is 8.42 Å². The third kappa shape index (κ3) is 6.05. The van der Waals surface area contributed by atoms with E-state index in [1.165, 1.54) is 36.8 Å². The van der Waals surface area contributed by atoms with E-state index in [0.717, 1.165) is 44.9 Å². The second kappa shape index (κ2) is 11.7. The summed E-state index contributed by atoms with van der Waals surface area (Å²) in [6.45, 7) is 4.40. The van der Waals surface area contributed by atoms with E-state index in [1.807, 2.05) is 12.1 Å². The fourth-order valence-electron chi connectivity index (χ4n) is 3.95. The molecule has 2 unspecified atom stereocenters. The lowest BCUT2D eigenvalue weighted by Crippen LogP contribution is -2.00. The molecule has 3 aromatic carbocycles. The summed E-state index contributed by atoms with van der Waals surface area (Å²) in [4.78, 5) is 1.57. The topological polar surface area (TPSA) is 34.1 Å². The quantitative estimate of drug-likeness (QED) is 0.317. The van der Waals surface area contributed by atoms with Gasteiger partial charge in [-0.15, -0.1) is 0 Å². The van der Waals surface area contributed by atoms with Crippen LogP contribution in [0.3, 0.4) is 0 Å². The normalized spacial score (nSPS) is 13.1. The Labute approximate surface area is 198 Å². The second-order valence-corrected chi connectivity index (χ2v) is 11.0. The molecule has 32 heavy (non-hydrogen) atoms. The van der Waals surface area contributed by atoms with Gasteiger partial charge in [0.05, 0.1) is 21.6 Å². The summed E-state index contributed by atoms with van der Waals surface area (Å²) in [5.74, 6) is 0. The van der Waals surface area contributed by atoms with Gasteiger partial charge in [0.1, 0.15) is 0 Å². The van der Waals surface area contributed by atoms with Crippen LogP contribution in [0.1, 0.15) is 50.7 Å². The summed E-state index contributed by atoms with van der Waals surface area (Å²) in [5, 5.41) is 0. The van der Waals surface area contributed by atoms with Crippen LogP contribution in [0.15, 0.2) is 70.5 Å². The summed E-state index contributed by atoms with van der Waals surface area (Å²) in [7, 11) is -2.33. The Bertz CT molecular complexity index is 994. The van der Waals surface area contributed by atoms with Crippen molar-refractivity contribution in [1.29, 1.82) is 0 Å². The van der Waals surface area contributed by atoms with E-state index in [2.05, 4.69) is 62.4 Å². The summed E-state index contributed by atoms with van der Waals surface area (Å²) in [6.07, 6.45) is 10.3. The predicted octanol–water partition coefficient (Wildman–Crippen LogP) is 7.18. The Kier molecular flexibility index (Phi) is 9.01. The molecule has 2 atom stereocenters. The van der Waals surface area contributed by atoms with E-state index in [4.69, 9.17) is 0 Å². The van der Waals surface area contributed by atoms with Gasteiger partial charge >= 0.3 is 0 Å². The van der Waals surface area contributed by atoms with Crippen molar-refractivity contribution in [2.75, 3.05) is 12.5 Å². The molecule has 0 saturated heterocycles. The highest BCUT2D eigenvalue weighted by molar-refractivity contribution is 7.85. The molecule has 0 aliphatic carbocycles. The molecule has 0 radical (unpaired) electrons. The van der Waals surface area contributed by atoms with Crippen LogP contribution in [0.4, 0.5) is 0 Å². The molecule has 0 amide bonds. The van der Waals surface area contributed by atoms with E-state index < -0.39 is 21.6 Å². The predicted molar refractivity (Wildman–Crippen MR) is 139 cm³/mol. The van der Waals surface area contributed by atoms with Gasteiger partial charge in [-0.1, -0.05) is 75.2 Å². The van der Waals surface area contributed by atoms with Crippen LogP contribution >= 0.6 is 0 Å². The summed E-state index contributed by atoms with van der Waals surface area (Å²) in [5.41, 5.74) is 6.47. The monoisotopic (exact) mass is 466 g/mol. The average Bonchev–Trinajstić information content (AvgIpc) is 2.81. The molecule has 0 spiro atoms. The number of hydrogen-bond donors (Lipinski definition) is 0. The molecule has 0 aromatic heterocycles. The minimum atomic E-state index is -1.16. The first-order valence-corrected chi connectivity index (χ1v) is 14.6. The number of benzene rings is 3. The molecule has 0 bridgehead atoms. The molecule has 0 fully saturated rings. The zero-order valence-electron chi connectivity index (χ0n) is 19.6. The van der Waals surface area contributed by atoms with Crippen LogP contribution in [0.25, 0.3) is 22.3 Å². The van der Waals surface area contributed by atoms with Gasteiger partial charge in [-0.3, -0.25) is 8.42 Å². The molecule has 2 nitrogen and oxygen atoms in total. The first kappa shape index (κ1) is 24.6. The largest absolute Gasteiger partial charge is 0.255 e. The van der Waals surface area contributed by atoms with Crippen molar-refractivity contribution in [3.05, 3.63) is 71.8 Å². The van der Waals surface area contributed by atoms with Gasteiger partial charge in [0.2, 0.25) is 0 Å². The SMILES string of the molecule is CCCCc1ccc(-c2cc(S(C)=O)c(-c3ccc(CCCC)cc3)cc2S(C)=O)cc1. The average molecular weight is 467 g/mol. The number of hydrogen-bond acceptors (Lipinski definition) is 2. The van der Waals surface area contributed by atoms with Crippen LogP contribution < -0.4 is 0 Å². The van der Waals surface area contributed by atoms with Crippen molar-refractivity contribution >= 4 is 21.6 Å². The van der Waals surface area contributed by atoms with Gasteiger partial charge in [-0.05, 0) is 71.2 Å². The number of unbranched alkanes of at least 4 members (excludes halogenated alkanes) is 2. The minimum absolute atomic E-state index is 0.783. The van der Waals surface area contributed by atoms with E-state index in [-0.39, 0.29) is 0 Å². The van der Waals surface area contributed by atoms with Crippen molar-refractivity contribution in [2.45, 2.75) is 62.2 Å². The molecule has 0 aliphatic rings. The molecular weight excluding hydrogens is 432 g/mol. The maximum Gasteiger partial charge on any atom is 0.0504 e. The third-order valence-electron chi connectivity index (χ3n) is 5.87. The summed E-state index contributed by atoms with van der Waals surface area (Å²) >= 11 is 0. The zero-order valence-corrected chi connectivity index (χ0v) is 21.3. The smallest absolute Gasteiger partial charge is 0.0504 e. The van der Waals surface area contributed by atoms with Gasteiger partial charge in [-0.2, -0.15) is 0 Å². The fraction of sp³-hybridized carbons (Fsp3) is 0.357. The van der Waals surface area contributed by atoms with Crippen LogP contribution in [0.5, 0.6) is 0 Å². The standard InChI is InChI=1S/C28H34O2S2/c1-5-7-9-21-11-15-23(16-12-21)25-19-28(32(4)30)26(20-27(25)31(3)29)24-17-13-22(14-18-24)10-8-6-2/h11-20H,5-10H2,1-4H3. The number of aryl methyl sites for hydroxylation is 2. The molecule has 3 aromatic rings. The Morgan fingerprint density at radius 1 is 0.594 bits per heavy atom. The lowest BCUT2D eigenvalue weighted by atomic mass is 9.97. The Balaban J connectivity index is 2.06. The van der Waals surface area contributed by atoms with Crippen LogP contribution in [-0.4, -0.2) is 20.9 Å². The van der Waals surface area contributed by atoms with Gasteiger partial charge < -0.3 is 0 Å². The maximum atomic E-state index is 12.7. The molecule has 0 heterocycles. The first-order chi connectivity index (χ1) is 15.4. The zero-order chi connectivity index (χ0) is 23.1. The molecule has 3 rings (SSSR count). The third-order valence-corrected chi connectivity index (χ3v) is 7.78. The highest BCUT2D eigenvalue weighted by Crippen LogP contribution is 2.36. The molecule has 4 heteroatoms. The van der Waals surface area contributed by atoms with Crippen molar-refractivity contribution in [1.82, 2.24) is 0 Å². The highest BCUT2D eigenvalue weighted by Gasteiger charge is 2.17. The van der Waals surface area contributed by atoms with E-state index >= 15 is 0 Å². The van der Waals surface area contributed by atoms with Crippen molar-refractivity contribution < 1.29 is 8.42 Å². The highest BCUT2D eigenvalue weighted by atomic mass is 32.2. The van der Waals surface area contributed by atoms with E-state index in [1.54, 1.807) is 12.5 Å². The Morgan fingerprint density at radius 2 is 0.938 bits per heavy atom. The van der Waals surface area contributed by atoms with Crippen LogP contribution in [0.2, 0.25) is 0 Å². The molecule has 0 aliphatic heterocycles. The lowest BCUT2D eigenvalue weighted by Gasteiger charge is -2.16. The van der Waals surface area contributed by atoms with Gasteiger partial charge in [0.15, 0.2) is 0 Å². The fourth-order valence-corrected chi connectivity index (χ4v) is 5.49. The summed E-state index contributed by atoms with van der Waals surface area (Å²) in [6, 6.07) is 21.0. The molecule has 0 N–H and O–H groups in total. The molecule has 0 saturated carbocycles. The molecular formula is C28H34O2S2. The lowest BCUT2D eigenvalue weighted by molar-refractivity contribution is 0.685. The molecule has 170 valence electrons. The van der Waals surface area contributed by atoms with Gasteiger partial charge in [0, 0.05) is 22.3 Å². The first-order valence-electron chi connectivity index (χ1n) is 11.5.